The van der Waals surface area contributed by atoms with Crippen LogP contribution < -0.4 is 4.74 Å². The molecule has 74 valence electrons. The Hall–Kier alpha value is -1.42. The van der Waals surface area contributed by atoms with Crippen molar-refractivity contribution < 1.29 is 14.9 Å². The third-order valence-corrected chi connectivity index (χ3v) is 2.97. The van der Waals surface area contributed by atoms with Crippen molar-refractivity contribution >= 4 is 21.4 Å². The molecule has 2 rings (SSSR count). The first kappa shape index (κ1) is 9.15. The SMILES string of the molecule is CCOc1cc2ccc(O)c(O)c2s1. The molecule has 1 aromatic carbocycles. The molecule has 0 saturated heterocycles. The molecule has 0 unspecified atom stereocenters. The van der Waals surface area contributed by atoms with Crippen LogP contribution in [0.2, 0.25) is 0 Å². The van der Waals surface area contributed by atoms with Crippen molar-refractivity contribution in [2.24, 2.45) is 0 Å². The predicted octanol–water partition coefficient (Wildman–Crippen LogP) is 2.71. The maximum atomic E-state index is 9.54. The fourth-order valence-corrected chi connectivity index (χ4v) is 2.28. The highest BCUT2D eigenvalue weighted by atomic mass is 32.1. The minimum atomic E-state index is -0.0950. The lowest BCUT2D eigenvalue weighted by molar-refractivity contribution is 0.350. The van der Waals surface area contributed by atoms with Crippen molar-refractivity contribution in [1.29, 1.82) is 0 Å². The van der Waals surface area contributed by atoms with Crippen LogP contribution >= 0.6 is 11.3 Å². The minimum absolute atomic E-state index is 0.0709. The quantitative estimate of drug-likeness (QED) is 0.749. The summed E-state index contributed by atoms with van der Waals surface area (Å²) in [6, 6.07) is 5.08. The molecule has 0 saturated carbocycles. The first-order valence-electron chi connectivity index (χ1n) is 4.29. The number of hydrogen-bond acceptors (Lipinski definition) is 4. The molecule has 0 atom stereocenters. The molecule has 0 fully saturated rings. The summed E-state index contributed by atoms with van der Waals surface area (Å²) in [6.07, 6.45) is 0. The number of ether oxygens (including phenoxy) is 1. The van der Waals surface area contributed by atoms with Crippen LogP contribution in [0.5, 0.6) is 16.6 Å². The number of thiophene rings is 1. The molecule has 0 radical (unpaired) electrons. The maximum Gasteiger partial charge on any atom is 0.175 e. The van der Waals surface area contributed by atoms with Crippen LogP contribution in [-0.4, -0.2) is 16.8 Å². The van der Waals surface area contributed by atoms with Gasteiger partial charge in [0.25, 0.3) is 0 Å². The van der Waals surface area contributed by atoms with Gasteiger partial charge in [-0.3, -0.25) is 0 Å². The molecule has 0 bridgehead atoms. The number of aromatic hydroxyl groups is 2. The Kier molecular flexibility index (Phi) is 2.21. The van der Waals surface area contributed by atoms with E-state index < -0.39 is 0 Å². The van der Waals surface area contributed by atoms with Crippen molar-refractivity contribution in [1.82, 2.24) is 0 Å². The summed E-state index contributed by atoms with van der Waals surface area (Å²) < 4.78 is 5.97. The van der Waals surface area contributed by atoms with Gasteiger partial charge in [0, 0.05) is 5.39 Å². The van der Waals surface area contributed by atoms with Gasteiger partial charge in [-0.2, -0.15) is 0 Å². The molecule has 0 aliphatic carbocycles. The molecule has 2 aromatic rings. The molecule has 1 aromatic heterocycles. The monoisotopic (exact) mass is 210 g/mol. The largest absolute Gasteiger partial charge is 0.504 e. The third kappa shape index (κ3) is 1.37. The molecule has 2 N–H and O–H groups in total. The molecule has 4 heteroatoms. The summed E-state index contributed by atoms with van der Waals surface area (Å²) in [6.45, 7) is 2.50. The van der Waals surface area contributed by atoms with E-state index in [0.717, 1.165) is 10.4 Å². The maximum absolute atomic E-state index is 9.54. The van der Waals surface area contributed by atoms with E-state index in [4.69, 9.17) is 4.74 Å². The zero-order chi connectivity index (χ0) is 10.1. The second-order valence-corrected chi connectivity index (χ2v) is 3.86. The molecule has 1 heterocycles. The van der Waals surface area contributed by atoms with Crippen LogP contribution in [-0.2, 0) is 0 Å². The summed E-state index contributed by atoms with van der Waals surface area (Å²) in [5.41, 5.74) is 0. The molecular weight excluding hydrogens is 200 g/mol. The number of benzene rings is 1. The fourth-order valence-electron chi connectivity index (χ4n) is 1.27. The van der Waals surface area contributed by atoms with Crippen LogP contribution in [0.3, 0.4) is 0 Å². The Morgan fingerprint density at radius 1 is 1.36 bits per heavy atom. The van der Waals surface area contributed by atoms with E-state index in [1.165, 1.54) is 17.4 Å². The molecule has 0 aliphatic heterocycles. The van der Waals surface area contributed by atoms with Crippen LogP contribution in [0.1, 0.15) is 6.92 Å². The Morgan fingerprint density at radius 3 is 2.86 bits per heavy atom. The summed E-state index contributed by atoms with van der Waals surface area (Å²) in [5.74, 6) is -0.166. The van der Waals surface area contributed by atoms with Crippen LogP contribution in [0, 0.1) is 0 Å². The summed E-state index contributed by atoms with van der Waals surface area (Å²) in [7, 11) is 0. The zero-order valence-electron chi connectivity index (χ0n) is 7.65. The van der Waals surface area contributed by atoms with E-state index in [-0.39, 0.29) is 11.5 Å². The standard InChI is InChI=1S/C10H10O3S/c1-2-13-8-5-6-3-4-7(11)9(12)10(6)14-8/h3-5,11-12H,2H2,1H3. The highest BCUT2D eigenvalue weighted by Gasteiger charge is 2.09. The first-order valence-corrected chi connectivity index (χ1v) is 5.11. The molecule has 0 aliphatic rings. The topological polar surface area (TPSA) is 49.7 Å². The average Bonchev–Trinajstić information content (AvgIpc) is 2.56. The lowest BCUT2D eigenvalue weighted by Crippen LogP contribution is -1.86. The van der Waals surface area contributed by atoms with Crippen molar-refractivity contribution in [3.63, 3.8) is 0 Å². The summed E-state index contributed by atoms with van der Waals surface area (Å²) in [5, 5.41) is 20.5. The fraction of sp³-hybridized carbons (Fsp3) is 0.200. The molecule has 0 amide bonds. The Bertz CT molecular complexity index is 462. The van der Waals surface area contributed by atoms with Crippen LogP contribution in [0.4, 0.5) is 0 Å². The van der Waals surface area contributed by atoms with Crippen LogP contribution in [0.15, 0.2) is 18.2 Å². The van der Waals surface area contributed by atoms with Crippen LogP contribution in [0.25, 0.3) is 10.1 Å². The van der Waals surface area contributed by atoms with Crippen molar-refractivity contribution in [3.05, 3.63) is 18.2 Å². The Balaban J connectivity index is 2.59. The van der Waals surface area contributed by atoms with E-state index in [0.29, 0.717) is 11.3 Å². The molecule has 3 nitrogen and oxygen atoms in total. The summed E-state index contributed by atoms with van der Waals surface area (Å²) >= 11 is 1.33. The smallest absolute Gasteiger partial charge is 0.175 e. The van der Waals surface area contributed by atoms with Crippen molar-refractivity contribution in [2.45, 2.75) is 6.92 Å². The lowest BCUT2D eigenvalue weighted by atomic mass is 10.2. The number of hydrogen-bond donors (Lipinski definition) is 2. The predicted molar refractivity (Wildman–Crippen MR) is 56.3 cm³/mol. The van der Waals surface area contributed by atoms with E-state index in [2.05, 4.69) is 0 Å². The molecule has 14 heavy (non-hydrogen) atoms. The lowest BCUT2D eigenvalue weighted by Gasteiger charge is -1.96. The number of phenolic OH excluding ortho intramolecular Hbond substituents is 2. The highest BCUT2D eigenvalue weighted by Crippen LogP contribution is 2.41. The minimum Gasteiger partial charge on any atom is -0.504 e. The van der Waals surface area contributed by atoms with Gasteiger partial charge in [-0.25, -0.2) is 0 Å². The third-order valence-electron chi connectivity index (χ3n) is 1.90. The number of phenols is 2. The Labute approximate surface area is 85.2 Å². The number of rotatable bonds is 2. The van der Waals surface area contributed by atoms with Gasteiger partial charge in [0.2, 0.25) is 0 Å². The van der Waals surface area contributed by atoms with Crippen molar-refractivity contribution in [3.8, 4) is 16.6 Å². The van der Waals surface area contributed by atoms with Gasteiger partial charge >= 0.3 is 0 Å². The van der Waals surface area contributed by atoms with Crippen molar-refractivity contribution in [2.75, 3.05) is 6.61 Å². The molecular formula is C10H10O3S. The average molecular weight is 210 g/mol. The van der Waals surface area contributed by atoms with Gasteiger partial charge in [-0.1, -0.05) is 11.3 Å². The Morgan fingerprint density at radius 2 is 2.14 bits per heavy atom. The molecule has 0 spiro atoms. The van der Waals surface area contributed by atoms with Gasteiger partial charge in [-0.05, 0) is 25.1 Å². The van der Waals surface area contributed by atoms with Gasteiger partial charge in [0.1, 0.15) is 0 Å². The van der Waals surface area contributed by atoms with Gasteiger partial charge < -0.3 is 14.9 Å². The normalized spacial score (nSPS) is 10.6. The number of fused-ring (bicyclic) bond motifs is 1. The van der Waals surface area contributed by atoms with Gasteiger partial charge in [0.15, 0.2) is 16.6 Å². The van der Waals surface area contributed by atoms with E-state index >= 15 is 0 Å². The highest BCUT2D eigenvalue weighted by molar-refractivity contribution is 7.21. The van der Waals surface area contributed by atoms with E-state index in [1.54, 1.807) is 6.07 Å². The zero-order valence-corrected chi connectivity index (χ0v) is 8.47. The van der Waals surface area contributed by atoms with Gasteiger partial charge in [0.05, 0.1) is 11.3 Å². The van der Waals surface area contributed by atoms with E-state index in [9.17, 15) is 10.2 Å². The second-order valence-electron chi connectivity index (χ2n) is 2.85. The first-order chi connectivity index (χ1) is 6.72. The second kappa shape index (κ2) is 3.38. The summed E-state index contributed by atoms with van der Waals surface area (Å²) in [4.78, 5) is 0. The van der Waals surface area contributed by atoms with E-state index in [1.807, 2.05) is 13.0 Å². The van der Waals surface area contributed by atoms with Gasteiger partial charge in [-0.15, -0.1) is 0 Å².